The third-order valence-corrected chi connectivity index (χ3v) is 1.52. The van der Waals surface area contributed by atoms with Crippen molar-refractivity contribution < 1.29 is 4.79 Å². The predicted molar refractivity (Wildman–Crippen MR) is 42.5 cm³/mol. The molecule has 0 aliphatic rings. The van der Waals surface area contributed by atoms with E-state index in [1.165, 1.54) is 12.8 Å². The molecule has 0 heterocycles. The molecule has 10 heavy (non-hydrogen) atoms. The molecule has 1 radical (unpaired) electrons. The van der Waals surface area contributed by atoms with Gasteiger partial charge in [0.2, 0.25) is 5.91 Å². The topological polar surface area (TPSA) is 20.3 Å². The van der Waals surface area contributed by atoms with Crippen molar-refractivity contribution >= 4 is 5.91 Å². The van der Waals surface area contributed by atoms with E-state index in [0.29, 0.717) is 0 Å². The van der Waals surface area contributed by atoms with Crippen molar-refractivity contribution in [2.75, 3.05) is 13.6 Å². The highest BCUT2D eigenvalue weighted by Crippen LogP contribution is 1.95. The molecule has 0 saturated heterocycles. The number of carbonyl (C=O) groups is 1. The molecule has 0 atom stereocenters. The zero-order valence-electron chi connectivity index (χ0n) is 6.89. The van der Waals surface area contributed by atoms with Crippen LogP contribution in [-0.2, 0) is 4.79 Å². The maximum absolute atomic E-state index is 10.6. The molecular formula is C8H16NO. The molecule has 0 fully saturated rings. The molecule has 0 aromatic rings. The lowest BCUT2D eigenvalue weighted by Crippen LogP contribution is -2.24. The maximum atomic E-state index is 10.6. The van der Waals surface area contributed by atoms with Crippen molar-refractivity contribution in [3.05, 3.63) is 6.92 Å². The van der Waals surface area contributed by atoms with Crippen LogP contribution in [0, 0.1) is 6.92 Å². The summed E-state index contributed by atoms with van der Waals surface area (Å²) in [7, 11) is 1.78. The molecule has 59 valence electrons. The number of hydrogen-bond acceptors (Lipinski definition) is 1. The first-order valence-corrected chi connectivity index (χ1v) is 3.75. The Morgan fingerprint density at radius 1 is 1.50 bits per heavy atom. The Bertz CT molecular complexity index is 101. The van der Waals surface area contributed by atoms with Crippen molar-refractivity contribution in [2.24, 2.45) is 0 Å². The lowest BCUT2D eigenvalue weighted by Gasteiger charge is -2.13. The van der Waals surface area contributed by atoms with Crippen LogP contribution in [0.1, 0.15) is 26.2 Å². The van der Waals surface area contributed by atoms with Crippen LogP contribution in [0.15, 0.2) is 0 Å². The second-order valence-corrected chi connectivity index (χ2v) is 2.52. The summed E-state index contributed by atoms with van der Waals surface area (Å²) >= 11 is 0. The van der Waals surface area contributed by atoms with Gasteiger partial charge in [0.25, 0.3) is 0 Å². The maximum Gasteiger partial charge on any atom is 0.222 e. The Labute approximate surface area is 63.2 Å². The van der Waals surface area contributed by atoms with Gasteiger partial charge in [-0.3, -0.25) is 4.79 Å². The Kier molecular flexibility index (Phi) is 4.99. The number of hydrogen-bond donors (Lipinski definition) is 0. The van der Waals surface area contributed by atoms with Crippen molar-refractivity contribution in [1.29, 1.82) is 0 Å². The minimum absolute atomic E-state index is 0.0869. The number of carbonyl (C=O) groups excluding carboxylic acids is 1. The van der Waals surface area contributed by atoms with Gasteiger partial charge in [-0.2, -0.15) is 0 Å². The fraction of sp³-hybridized carbons (Fsp3) is 0.750. The minimum Gasteiger partial charge on any atom is -0.346 e. The average molecular weight is 142 g/mol. The van der Waals surface area contributed by atoms with Crippen molar-refractivity contribution in [1.82, 2.24) is 4.90 Å². The zero-order valence-corrected chi connectivity index (χ0v) is 6.89. The summed E-state index contributed by atoms with van der Waals surface area (Å²) in [6, 6.07) is 0. The standard InChI is InChI=1S/C8H16NO/c1-4-5-6-7-9(3)8(2)10/h2,4-7H2,1,3H3. The van der Waals surface area contributed by atoms with Crippen LogP contribution in [0.3, 0.4) is 0 Å². The first kappa shape index (κ1) is 9.47. The van der Waals surface area contributed by atoms with E-state index in [-0.39, 0.29) is 5.91 Å². The molecule has 0 N–H and O–H groups in total. The van der Waals surface area contributed by atoms with Gasteiger partial charge < -0.3 is 4.90 Å². The zero-order chi connectivity index (χ0) is 7.98. The van der Waals surface area contributed by atoms with Crippen LogP contribution in [0.2, 0.25) is 0 Å². The molecule has 0 aromatic carbocycles. The van der Waals surface area contributed by atoms with Gasteiger partial charge >= 0.3 is 0 Å². The van der Waals surface area contributed by atoms with E-state index in [2.05, 4.69) is 13.8 Å². The molecule has 0 unspecified atom stereocenters. The first-order valence-electron chi connectivity index (χ1n) is 3.75. The molecule has 0 rings (SSSR count). The molecule has 2 heteroatoms. The smallest absolute Gasteiger partial charge is 0.222 e. The summed E-state index contributed by atoms with van der Waals surface area (Å²) in [5.41, 5.74) is 0. The summed E-state index contributed by atoms with van der Waals surface area (Å²) in [5, 5.41) is 0. The third-order valence-electron chi connectivity index (χ3n) is 1.52. The fourth-order valence-corrected chi connectivity index (χ4v) is 0.724. The van der Waals surface area contributed by atoms with E-state index in [0.717, 1.165) is 13.0 Å². The van der Waals surface area contributed by atoms with E-state index < -0.39 is 0 Å². The third kappa shape index (κ3) is 4.36. The van der Waals surface area contributed by atoms with Gasteiger partial charge in [0.15, 0.2) is 0 Å². The summed E-state index contributed by atoms with van der Waals surface area (Å²) in [4.78, 5) is 12.2. The van der Waals surface area contributed by atoms with Gasteiger partial charge in [-0.15, -0.1) is 0 Å². The van der Waals surface area contributed by atoms with E-state index in [1.54, 1.807) is 11.9 Å². The minimum atomic E-state index is -0.0869. The normalized spacial score (nSPS) is 9.50. The predicted octanol–water partition coefficient (Wildman–Crippen LogP) is 1.47. The lowest BCUT2D eigenvalue weighted by atomic mass is 10.2. The quantitative estimate of drug-likeness (QED) is 0.544. The molecule has 0 bridgehead atoms. The van der Waals surface area contributed by atoms with Crippen LogP contribution in [0.5, 0.6) is 0 Å². The molecule has 0 aromatic heterocycles. The highest BCUT2D eigenvalue weighted by molar-refractivity contribution is 5.79. The number of unbranched alkanes of at least 4 members (excludes halogenated alkanes) is 2. The fourth-order valence-electron chi connectivity index (χ4n) is 0.724. The SMILES string of the molecule is [CH2]C(=O)N(C)CCCCC. The van der Waals surface area contributed by atoms with E-state index >= 15 is 0 Å². The summed E-state index contributed by atoms with van der Waals surface area (Å²) < 4.78 is 0. The summed E-state index contributed by atoms with van der Waals surface area (Å²) in [5.74, 6) is -0.0869. The molecule has 1 amide bonds. The Morgan fingerprint density at radius 3 is 2.50 bits per heavy atom. The summed E-state index contributed by atoms with van der Waals surface area (Å²) in [6.45, 7) is 6.29. The van der Waals surface area contributed by atoms with Gasteiger partial charge in [0.1, 0.15) is 0 Å². The summed E-state index contributed by atoms with van der Waals surface area (Å²) in [6.07, 6.45) is 3.48. The van der Waals surface area contributed by atoms with E-state index in [9.17, 15) is 4.79 Å². The van der Waals surface area contributed by atoms with Crippen LogP contribution in [0.4, 0.5) is 0 Å². The second kappa shape index (κ2) is 5.27. The van der Waals surface area contributed by atoms with Gasteiger partial charge in [-0.25, -0.2) is 0 Å². The molecule has 0 saturated carbocycles. The molecule has 2 nitrogen and oxygen atoms in total. The number of amides is 1. The van der Waals surface area contributed by atoms with Crippen LogP contribution in [-0.4, -0.2) is 24.4 Å². The average Bonchev–Trinajstić information content (AvgIpc) is 1.88. The highest BCUT2D eigenvalue weighted by atomic mass is 16.2. The molecule has 0 aliphatic heterocycles. The number of nitrogens with zero attached hydrogens (tertiary/aromatic N) is 1. The van der Waals surface area contributed by atoms with Crippen molar-refractivity contribution in [3.8, 4) is 0 Å². The van der Waals surface area contributed by atoms with Crippen molar-refractivity contribution in [2.45, 2.75) is 26.2 Å². The lowest BCUT2D eigenvalue weighted by molar-refractivity contribution is -0.125. The molecule has 0 aliphatic carbocycles. The van der Waals surface area contributed by atoms with E-state index in [1.807, 2.05) is 0 Å². The van der Waals surface area contributed by atoms with Crippen LogP contribution in [0.25, 0.3) is 0 Å². The van der Waals surface area contributed by atoms with Gasteiger partial charge in [0.05, 0.1) is 0 Å². The van der Waals surface area contributed by atoms with Gasteiger partial charge in [0, 0.05) is 20.5 Å². The van der Waals surface area contributed by atoms with Crippen LogP contribution >= 0.6 is 0 Å². The Hall–Kier alpha value is -0.530. The Morgan fingerprint density at radius 2 is 2.10 bits per heavy atom. The van der Waals surface area contributed by atoms with Gasteiger partial charge in [-0.1, -0.05) is 19.8 Å². The first-order chi connectivity index (χ1) is 4.68. The van der Waals surface area contributed by atoms with Crippen molar-refractivity contribution in [3.63, 3.8) is 0 Å². The molecule has 0 spiro atoms. The monoisotopic (exact) mass is 142 g/mol. The highest BCUT2D eigenvalue weighted by Gasteiger charge is 1.99. The largest absolute Gasteiger partial charge is 0.346 e. The van der Waals surface area contributed by atoms with Gasteiger partial charge in [-0.05, 0) is 6.42 Å². The molecular weight excluding hydrogens is 126 g/mol. The van der Waals surface area contributed by atoms with E-state index in [4.69, 9.17) is 0 Å². The second-order valence-electron chi connectivity index (χ2n) is 2.52. The Balaban J connectivity index is 3.21. The number of rotatable bonds is 4. The van der Waals surface area contributed by atoms with Crippen LogP contribution < -0.4 is 0 Å².